The zero-order valence-corrected chi connectivity index (χ0v) is 8.77. The highest BCUT2D eigenvalue weighted by molar-refractivity contribution is 5.77. The second-order valence-electron chi connectivity index (χ2n) is 3.60. The number of aromatic nitrogens is 1. The van der Waals surface area contributed by atoms with E-state index in [-0.39, 0.29) is 12.7 Å². The Morgan fingerprint density at radius 2 is 2.00 bits per heavy atom. The van der Waals surface area contributed by atoms with Crippen molar-refractivity contribution in [2.75, 3.05) is 12.5 Å². The molecule has 0 spiro atoms. The van der Waals surface area contributed by atoms with Gasteiger partial charge in [0.05, 0.1) is 11.8 Å². The van der Waals surface area contributed by atoms with Crippen molar-refractivity contribution in [1.82, 2.24) is 5.16 Å². The third-order valence-electron chi connectivity index (χ3n) is 2.63. The molecule has 0 amide bonds. The van der Waals surface area contributed by atoms with Crippen LogP contribution in [0, 0.1) is 0 Å². The molecule has 0 aliphatic carbocycles. The second-order valence-corrected chi connectivity index (χ2v) is 3.60. The van der Waals surface area contributed by atoms with Crippen LogP contribution in [0.25, 0.3) is 11.1 Å². The van der Waals surface area contributed by atoms with E-state index < -0.39 is 6.67 Å². The molecule has 1 aliphatic heterocycles. The van der Waals surface area contributed by atoms with E-state index in [0.29, 0.717) is 28.2 Å². The highest BCUT2D eigenvalue weighted by Gasteiger charge is 2.20. The summed E-state index contributed by atoms with van der Waals surface area (Å²) in [5, 5.41) is 3.57. The molecule has 5 nitrogen and oxygen atoms in total. The fourth-order valence-corrected chi connectivity index (χ4v) is 1.80. The Balaban J connectivity index is 2.19. The summed E-state index contributed by atoms with van der Waals surface area (Å²) in [6.07, 6.45) is 1.45. The molecule has 0 bridgehead atoms. The van der Waals surface area contributed by atoms with Crippen LogP contribution in [-0.2, 0) is 6.67 Å². The smallest absolute Gasteiger partial charge is 0.231 e. The van der Waals surface area contributed by atoms with E-state index >= 15 is 0 Å². The summed E-state index contributed by atoms with van der Waals surface area (Å²) >= 11 is 0. The number of hydrogen-bond acceptors (Lipinski definition) is 5. The zero-order chi connectivity index (χ0) is 11.8. The highest BCUT2D eigenvalue weighted by atomic mass is 19.1. The molecule has 2 heterocycles. The lowest BCUT2D eigenvalue weighted by atomic mass is 10.0. The summed E-state index contributed by atoms with van der Waals surface area (Å²) in [4.78, 5) is 0. The van der Waals surface area contributed by atoms with E-state index in [1.54, 1.807) is 12.1 Å². The molecule has 0 unspecified atom stereocenters. The maximum atomic E-state index is 13.0. The van der Waals surface area contributed by atoms with Gasteiger partial charge >= 0.3 is 0 Å². The largest absolute Gasteiger partial charge is 0.454 e. The van der Waals surface area contributed by atoms with Crippen LogP contribution in [0.5, 0.6) is 11.5 Å². The van der Waals surface area contributed by atoms with Gasteiger partial charge in [-0.1, -0.05) is 5.16 Å². The lowest BCUT2D eigenvalue weighted by Crippen LogP contribution is -1.92. The van der Waals surface area contributed by atoms with Gasteiger partial charge in [-0.15, -0.1) is 0 Å². The highest BCUT2D eigenvalue weighted by Crippen LogP contribution is 2.40. The van der Waals surface area contributed by atoms with Crippen LogP contribution in [-0.4, -0.2) is 11.9 Å². The molecular formula is C11H9FN2O3. The number of alkyl halides is 1. The van der Waals surface area contributed by atoms with E-state index in [1.807, 2.05) is 0 Å². The van der Waals surface area contributed by atoms with Crippen molar-refractivity contribution in [3.05, 3.63) is 23.9 Å². The van der Waals surface area contributed by atoms with E-state index in [9.17, 15) is 4.39 Å². The Morgan fingerprint density at radius 3 is 2.65 bits per heavy atom. The molecule has 0 fully saturated rings. The van der Waals surface area contributed by atoms with Crippen LogP contribution in [0.4, 0.5) is 10.3 Å². The average molecular weight is 236 g/mol. The molecular weight excluding hydrogens is 227 g/mol. The van der Waals surface area contributed by atoms with E-state index in [4.69, 9.17) is 19.7 Å². The summed E-state index contributed by atoms with van der Waals surface area (Å²) in [7, 11) is 0. The lowest BCUT2D eigenvalue weighted by molar-refractivity contribution is 0.174. The Hall–Kier alpha value is -2.24. The van der Waals surface area contributed by atoms with Gasteiger partial charge in [0.2, 0.25) is 12.7 Å². The van der Waals surface area contributed by atoms with Crippen molar-refractivity contribution in [2.24, 2.45) is 0 Å². The maximum Gasteiger partial charge on any atom is 0.231 e. The van der Waals surface area contributed by atoms with Gasteiger partial charge in [0.25, 0.3) is 0 Å². The molecule has 0 saturated heterocycles. The first kappa shape index (κ1) is 9.95. The maximum absolute atomic E-state index is 13.0. The summed E-state index contributed by atoms with van der Waals surface area (Å²) < 4.78 is 28.2. The minimum atomic E-state index is -0.628. The van der Waals surface area contributed by atoms with Crippen molar-refractivity contribution < 1.29 is 18.4 Å². The van der Waals surface area contributed by atoms with Crippen LogP contribution in [0.3, 0.4) is 0 Å². The first-order chi connectivity index (χ1) is 8.29. The third kappa shape index (κ3) is 1.49. The van der Waals surface area contributed by atoms with Crippen molar-refractivity contribution in [1.29, 1.82) is 0 Å². The molecule has 0 saturated carbocycles. The summed E-state index contributed by atoms with van der Waals surface area (Å²) in [5.41, 5.74) is 7.24. The van der Waals surface area contributed by atoms with Gasteiger partial charge in [-0.05, 0) is 23.3 Å². The first-order valence-electron chi connectivity index (χ1n) is 4.98. The first-order valence-corrected chi connectivity index (χ1v) is 4.98. The van der Waals surface area contributed by atoms with Crippen LogP contribution in [0.2, 0.25) is 0 Å². The number of nitrogens with two attached hydrogens (primary N) is 1. The Bertz CT molecular complexity index is 568. The molecule has 1 aromatic carbocycles. The van der Waals surface area contributed by atoms with Crippen molar-refractivity contribution in [3.63, 3.8) is 0 Å². The number of fused-ring (bicyclic) bond motifs is 1. The molecule has 1 aliphatic rings. The van der Waals surface area contributed by atoms with Crippen LogP contribution in [0.15, 0.2) is 22.9 Å². The fourth-order valence-electron chi connectivity index (χ4n) is 1.80. The number of anilines is 1. The van der Waals surface area contributed by atoms with Crippen LogP contribution < -0.4 is 15.2 Å². The number of rotatable bonds is 2. The summed E-state index contributed by atoms with van der Waals surface area (Å²) in [5.74, 6) is 1.26. The molecule has 17 heavy (non-hydrogen) atoms. The van der Waals surface area contributed by atoms with Gasteiger partial charge in [-0.2, -0.15) is 0 Å². The monoisotopic (exact) mass is 236 g/mol. The Kier molecular flexibility index (Phi) is 2.14. The number of hydrogen-bond donors (Lipinski definition) is 1. The van der Waals surface area contributed by atoms with Gasteiger partial charge in [-0.3, -0.25) is 0 Å². The Morgan fingerprint density at radius 1 is 1.24 bits per heavy atom. The number of nitrogens with zero attached hydrogens (tertiary/aromatic N) is 1. The molecule has 1 aromatic heterocycles. The van der Waals surface area contributed by atoms with Gasteiger partial charge in [-0.25, -0.2) is 4.39 Å². The zero-order valence-electron chi connectivity index (χ0n) is 8.77. The van der Waals surface area contributed by atoms with Crippen molar-refractivity contribution >= 4 is 5.88 Å². The molecule has 2 aromatic rings. The number of nitrogen functional groups attached to an aromatic ring is 1. The quantitative estimate of drug-likeness (QED) is 0.864. The SMILES string of the molecule is Nc1oncc1-c1cc2c(cc1CF)OCO2. The number of halogens is 1. The van der Waals surface area contributed by atoms with Gasteiger partial charge < -0.3 is 19.7 Å². The standard InChI is InChI=1S/C11H9FN2O3/c12-3-6-1-9-10(16-5-15-9)2-7(6)8-4-14-17-11(8)13/h1-2,4H,3,5,13H2. The van der Waals surface area contributed by atoms with Gasteiger partial charge in [0.1, 0.15) is 6.67 Å². The molecule has 2 N–H and O–H groups in total. The molecule has 3 rings (SSSR count). The van der Waals surface area contributed by atoms with Gasteiger partial charge in [0.15, 0.2) is 11.5 Å². The minimum Gasteiger partial charge on any atom is -0.454 e. The van der Waals surface area contributed by atoms with E-state index in [0.717, 1.165) is 0 Å². The van der Waals surface area contributed by atoms with Gasteiger partial charge in [0, 0.05) is 0 Å². The fraction of sp³-hybridized carbons (Fsp3) is 0.182. The molecule has 0 atom stereocenters. The second kappa shape index (κ2) is 3.65. The number of ether oxygens (including phenoxy) is 2. The topological polar surface area (TPSA) is 70.5 Å². The van der Waals surface area contributed by atoms with Crippen LogP contribution in [0.1, 0.15) is 5.56 Å². The Labute approximate surface area is 95.9 Å². The average Bonchev–Trinajstić information content (AvgIpc) is 2.94. The summed E-state index contributed by atoms with van der Waals surface area (Å²) in [6, 6.07) is 3.28. The van der Waals surface area contributed by atoms with E-state index in [2.05, 4.69) is 5.16 Å². The third-order valence-corrected chi connectivity index (χ3v) is 2.63. The molecule has 0 radical (unpaired) electrons. The lowest BCUT2D eigenvalue weighted by Gasteiger charge is -2.06. The number of benzene rings is 1. The van der Waals surface area contributed by atoms with Crippen molar-refractivity contribution in [2.45, 2.75) is 6.67 Å². The minimum absolute atomic E-state index is 0.142. The van der Waals surface area contributed by atoms with Crippen LogP contribution >= 0.6 is 0 Å². The molecule has 6 heteroatoms. The summed E-state index contributed by atoms with van der Waals surface area (Å²) in [6.45, 7) is -0.486. The van der Waals surface area contributed by atoms with E-state index in [1.165, 1.54) is 6.20 Å². The van der Waals surface area contributed by atoms with Crippen molar-refractivity contribution in [3.8, 4) is 22.6 Å². The molecule has 88 valence electrons. The predicted octanol–water partition coefficient (Wildman–Crippen LogP) is 2.12. The normalized spacial score (nSPS) is 13.0. The predicted molar refractivity (Wildman–Crippen MR) is 57.3 cm³/mol.